The van der Waals surface area contributed by atoms with Crippen molar-refractivity contribution in [3.8, 4) is 0 Å². The first-order chi connectivity index (χ1) is 25.7. The maximum absolute atomic E-state index is 2.35. The van der Waals surface area contributed by atoms with Gasteiger partial charge in [-0.15, -0.1) is 0 Å². The van der Waals surface area contributed by atoms with Gasteiger partial charge in [0.15, 0.2) is 0 Å². The number of quaternary nitrogens is 1. The fraction of sp³-hybridized carbons (Fsp3) is 1.00. The van der Waals surface area contributed by atoms with Crippen LogP contribution in [-0.4, -0.2) is 36.1 Å². The van der Waals surface area contributed by atoms with E-state index in [1.165, 1.54) is 307 Å². The quantitative estimate of drug-likeness (QED) is 0.0450. The molecule has 0 saturated heterocycles. The van der Waals surface area contributed by atoms with Crippen LogP contribution in [0.3, 0.4) is 0 Å². The summed E-state index contributed by atoms with van der Waals surface area (Å²) in [5.74, 6) is 0. The minimum atomic E-state index is 0. The maximum atomic E-state index is 2.35. The van der Waals surface area contributed by atoms with Crippen LogP contribution in [0.1, 0.15) is 304 Å². The van der Waals surface area contributed by atoms with Gasteiger partial charge >= 0.3 is 0 Å². The Hall–Kier alpha value is -0.0800. The highest BCUT2D eigenvalue weighted by Gasteiger charge is 2.25. The van der Waals surface area contributed by atoms with Gasteiger partial charge in [-0.2, -0.15) is 0 Å². The second-order valence-electron chi connectivity index (χ2n) is 18.0. The second kappa shape index (κ2) is 48.1. The Morgan fingerprint density at radius 3 is 0.415 bits per heavy atom. The van der Waals surface area contributed by atoms with E-state index in [-0.39, 0.29) is 5.48 Å². The Bertz CT molecular complexity index is 550. The van der Waals surface area contributed by atoms with E-state index in [4.69, 9.17) is 0 Å². The lowest BCUT2D eigenvalue weighted by molar-refractivity contribution is -0.929. The third-order valence-corrected chi connectivity index (χ3v) is 12.7. The fourth-order valence-corrected chi connectivity index (χ4v) is 8.94. The first kappa shape index (κ1) is 55.0. The van der Waals surface area contributed by atoms with E-state index >= 15 is 0 Å². The number of rotatable bonds is 47. The van der Waals surface area contributed by atoms with Crippen molar-refractivity contribution in [2.75, 3.05) is 26.2 Å². The molecule has 0 amide bonds. The van der Waals surface area contributed by atoms with Crippen LogP contribution in [0.5, 0.6) is 0 Å². The van der Waals surface area contributed by atoms with Crippen molar-refractivity contribution in [3.05, 3.63) is 0 Å². The van der Waals surface area contributed by atoms with Gasteiger partial charge in [0.2, 0.25) is 0 Å². The van der Waals surface area contributed by atoms with E-state index in [1.54, 1.807) is 0 Å². The summed E-state index contributed by atoms with van der Waals surface area (Å²) in [6.07, 6.45) is 63.2. The molecule has 0 bridgehead atoms. The predicted molar refractivity (Wildman–Crippen MR) is 243 cm³/mol. The molecule has 0 aromatic carbocycles. The lowest BCUT2D eigenvalue weighted by Gasteiger charge is -2.40. The van der Waals surface area contributed by atoms with Crippen LogP contribution in [0.2, 0.25) is 0 Å². The minimum Gasteiger partial charge on any atom is -0.870 e. The van der Waals surface area contributed by atoms with Gasteiger partial charge in [0, 0.05) is 0 Å². The highest BCUT2D eigenvalue weighted by Crippen LogP contribution is 2.22. The first-order valence-corrected chi connectivity index (χ1v) is 25.6. The van der Waals surface area contributed by atoms with E-state index in [9.17, 15) is 0 Å². The van der Waals surface area contributed by atoms with Crippen LogP contribution in [0.15, 0.2) is 0 Å². The van der Waals surface area contributed by atoms with E-state index in [0.29, 0.717) is 0 Å². The largest absolute Gasteiger partial charge is 0.870 e. The van der Waals surface area contributed by atoms with Gasteiger partial charge in [0.25, 0.3) is 0 Å². The Morgan fingerprint density at radius 1 is 0.170 bits per heavy atom. The van der Waals surface area contributed by atoms with Crippen molar-refractivity contribution in [2.24, 2.45) is 0 Å². The lowest BCUT2D eigenvalue weighted by atomic mass is 10.0. The summed E-state index contributed by atoms with van der Waals surface area (Å²) in [7, 11) is 0. The van der Waals surface area contributed by atoms with Crippen molar-refractivity contribution < 1.29 is 9.96 Å². The van der Waals surface area contributed by atoms with Crippen LogP contribution in [0.25, 0.3) is 0 Å². The third-order valence-electron chi connectivity index (χ3n) is 12.7. The van der Waals surface area contributed by atoms with Crippen molar-refractivity contribution >= 4 is 0 Å². The molecule has 2 nitrogen and oxygen atoms in total. The summed E-state index contributed by atoms with van der Waals surface area (Å²) in [5.41, 5.74) is 0. The van der Waals surface area contributed by atoms with Gasteiger partial charge in [-0.1, -0.05) is 252 Å². The molecule has 0 saturated carbocycles. The second-order valence-corrected chi connectivity index (χ2v) is 18.0. The standard InChI is InChI=1S/C51H106N.H2O/c1-5-9-13-17-21-24-27-30-33-37-41-45-49-52(48-44-40-36-20-16-12-8-4,50-46-42-38-34-31-28-25-22-18-14-10-6-2)51-47-43-39-35-32-29-26-23-19-15-11-7-3;/h5-51H2,1-4H3;1H2/q+1;/p-1. The van der Waals surface area contributed by atoms with E-state index in [0.717, 1.165) is 0 Å². The lowest BCUT2D eigenvalue weighted by Crippen LogP contribution is -2.50. The average molecular weight is 750 g/mol. The molecule has 0 aliphatic rings. The van der Waals surface area contributed by atoms with Gasteiger partial charge in [-0.25, -0.2) is 0 Å². The van der Waals surface area contributed by atoms with Crippen LogP contribution in [0.4, 0.5) is 0 Å². The fourth-order valence-electron chi connectivity index (χ4n) is 8.94. The normalized spacial score (nSPS) is 11.8. The number of nitrogens with zero attached hydrogens (tertiary/aromatic N) is 1. The Labute approximate surface area is 338 Å². The minimum absolute atomic E-state index is 0. The van der Waals surface area contributed by atoms with Crippen molar-refractivity contribution in [2.45, 2.75) is 304 Å². The molecule has 53 heavy (non-hydrogen) atoms. The van der Waals surface area contributed by atoms with Crippen LogP contribution >= 0.6 is 0 Å². The molecule has 0 aliphatic heterocycles. The number of unbranched alkanes of at least 4 members (excludes halogenated alkanes) is 39. The number of hydrogen-bond donors (Lipinski definition) is 0. The molecular weight excluding hydrogens is 643 g/mol. The van der Waals surface area contributed by atoms with E-state index < -0.39 is 0 Å². The maximum Gasteiger partial charge on any atom is 0.0786 e. The Morgan fingerprint density at radius 2 is 0.283 bits per heavy atom. The van der Waals surface area contributed by atoms with Crippen LogP contribution in [-0.2, 0) is 0 Å². The monoisotopic (exact) mass is 750 g/mol. The van der Waals surface area contributed by atoms with Crippen LogP contribution < -0.4 is 0 Å². The van der Waals surface area contributed by atoms with Gasteiger partial charge in [0.1, 0.15) is 0 Å². The van der Waals surface area contributed by atoms with Gasteiger partial charge in [-0.3, -0.25) is 0 Å². The first-order valence-electron chi connectivity index (χ1n) is 25.6. The predicted octanol–water partition coefficient (Wildman–Crippen LogP) is 18.5. The van der Waals surface area contributed by atoms with Gasteiger partial charge in [-0.05, 0) is 51.4 Å². The molecule has 0 spiro atoms. The van der Waals surface area contributed by atoms with Crippen molar-refractivity contribution in [3.63, 3.8) is 0 Å². The zero-order valence-corrected chi connectivity index (χ0v) is 38.1. The summed E-state index contributed by atoms with van der Waals surface area (Å²) in [5, 5.41) is 0. The molecule has 0 aromatic heterocycles. The molecular formula is C51H107NO. The summed E-state index contributed by atoms with van der Waals surface area (Å²) in [6.45, 7) is 15.3. The summed E-state index contributed by atoms with van der Waals surface area (Å²) < 4.78 is 1.49. The Balaban J connectivity index is 0. The van der Waals surface area contributed by atoms with Crippen molar-refractivity contribution in [1.82, 2.24) is 0 Å². The smallest absolute Gasteiger partial charge is 0.0786 e. The topological polar surface area (TPSA) is 30.0 Å². The molecule has 0 aromatic rings. The van der Waals surface area contributed by atoms with Gasteiger partial charge < -0.3 is 9.96 Å². The summed E-state index contributed by atoms with van der Waals surface area (Å²) >= 11 is 0. The van der Waals surface area contributed by atoms with E-state index in [1.807, 2.05) is 0 Å². The molecule has 0 atom stereocenters. The molecule has 1 N–H and O–H groups in total. The highest BCUT2D eigenvalue weighted by molar-refractivity contribution is 4.57. The molecule has 0 aliphatic carbocycles. The Kier molecular flexibility index (Phi) is 49.9. The van der Waals surface area contributed by atoms with Crippen LogP contribution in [0, 0.1) is 0 Å². The molecule has 0 heterocycles. The molecule has 322 valence electrons. The third kappa shape index (κ3) is 42.9. The SMILES string of the molecule is CCCCCCCCCCCCCC[N+](CCCCCCCCC)(CCCCCCCCCCCCCC)CCCCCCCCCCCCCC.[OH-]. The average Bonchev–Trinajstić information content (AvgIpc) is 3.15. The van der Waals surface area contributed by atoms with Crippen molar-refractivity contribution in [1.29, 1.82) is 0 Å². The molecule has 0 radical (unpaired) electrons. The zero-order valence-electron chi connectivity index (χ0n) is 38.1. The summed E-state index contributed by atoms with van der Waals surface area (Å²) in [4.78, 5) is 0. The summed E-state index contributed by atoms with van der Waals surface area (Å²) in [6, 6.07) is 0. The molecule has 0 fully saturated rings. The zero-order chi connectivity index (χ0) is 37.7. The van der Waals surface area contributed by atoms with Gasteiger partial charge in [0.05, 0.1) is 26.2 Å². The molecule has 0 rings (SSSR count). The molecule has 2 heteroatoms. The number of hydrogen-bond acceptors (Lipinski definition) is 1. The molecule has 0 unspecified atom stereocenters. The highest BCUT2D eigenvalue weighted by atomic mass is 16.0. The van der Waals surface area contributed by atoms with E-state index in [2.05, 4.69) is 27.7 Å².